The minimum Gasteiger partial charge on any atom is -0.322 e. The molecule has 142 valence electrons. The molecule has 1 aliphatic rings. The van der Waals surface area contributed by atoms with E-state index in [1.165, 1.54) is 0 Å². The maximum Gasteiger partial charge on any atom is 0.325 e. The standard InChI is InChI=1S/C21H21N5OS/c22-20(26-21-24-16-11-5-4-10-15(16)19(27)25-21)23-17-12-6-7-13-18(17)28-14-8-2-1-3-9-14/h1-3,6-9,12-13H,4-5,10-11H2,(H4,22,23,24,25,26,27)/p+1. The van der Waals surface area contributed by atoms with Gasteiger partial charge < -0.3 is 5.73 Å². The van der Waals surface area contributed by atoms with Crippen LogP contribution >= 0.6 is 11.8 Å². The van der Waals surface area contributed by atoms with Crippen molar-refractivity contribution in [2.24, 2.45) is 5.73 Å². The van der Waals surface area contributed by atoms with Crippen molar-refractivity contribution in [3.05, 3.63) is 76.2 Å². The number of aryl methyl sites for hydroxylation is 1. The summed E-state index contributed by atoms with van der Waals surface area (Å²) in [5, 5.41) is 3.18. The topological polar surface area (TPSA) is 97.8 Å². The second-order valence-corrected chi connectivity index (χ2v) is 7.74. The molecule has 0 amide bonds. The van der Waals surface area contributed by atoms with Crippen LogP contribution in [0.2, 0.25) is 0 Å². The van der Waals surface area contributed by atoms with Crippen molar-refractivity contribution in [3.63, 3.8) is 0 Å². The lowest BCUT2D eigenvalue weighted by Crippen LogP contribution is -2.73. The molecule has 0 spiro atoms. The molecular formula is C21H22N5OS+. The Morgan fingerprint density at radius 1 is 1.07 bits per heavy atom. The fourth-order valence-corrected chi connectivity index (χ4v) is 4.16. The van der Waals surface area contributed by atoms with E-state index in [0.29, 0.717) is 11.9 Å². The lowest BCUT2D eigenvalue weighted by atomic mass is 9.97. The average Bonchev–Trinajstić information content (AvgIpc) is 2.70. The Bertz CT molecular complexity index is 1060. The van der Waals surface area contributed by atoms with Crippen LogP contribution < -0.4 is 21.6 Å². The Balaban J connectivity index is 1.56. The van der Waals surface area contributed by atoms with Crippen LogP contribution in [0.1, 0.15) is 24.1 Å². The van der Waals surface area contributed by atoms with Gasteiger partial charge in [-0.3, -0.25) is 10.1 Å². The number of benzene rings is 2. The van der Waals surface area contributed by atoms with E-state index in [2.05, 4.69) is 32.4 Å². The third-order valence-corrected chi connectivity index (χ3v) is 5.66. The van der Waals surface area contributed by atoms with Crippen LogP contribution in [0, 0.1) is 0 Å². The monoisotopic (exact) mass is 392 g/mol. The number of rotatable bonds is 4. The van der Waals surface area contributed by atoms with Gasteiger partial charge in [0.2, 0.25) is 0 Å². The summed E-state index contributed by atoms with van der Waals surface area (Å²) >= 11 is 1.65. The van der Waals surface area contributed by atoms with Crippen LogP contribution in [0.15, 0.2) is 69.2 Å². The molecule has 7 heteroatoms. The average molecular weight is 393 g/mol. The summed E-state index contributed by atoms with van der Waals surface area (Å²) in [6.45, 7) is 0. The first kappa shape index (κ1) is 18.3. The van der Waals surface area contributed by atoms with E-state index in [1.807, 2.05) is 42.5 Å². The Hall–Kier alpha value is -3.06. The lowest BCUT2D eigenvalue weighted by Gasteiger charge is -2.11. The number of guanidine groups is 1. The van der Waals surface area contributed by atoms with Crippen molar-refractivity contribution in [1.29, 1.82) is 0 Å². The molecule has 0 atom stereocenters. The Labute approximate surface area is 167 Å². The normalized spacial score (nSPS) is 13.8. The Morgan fingerprint density at radius 3 is 2.68 bits per heavy atom. The van der Waals surface area contributed by atoms with Gasteiger partial charge in [-0.05, 0) is 49.9 Å². The summed E-state index contributed by atoms with van der Waals surface area (Å²) in [5.74, 6) is 0.670. The van der Waals surface area contributed by atoms with Crippen molar-refractivity contribution in [1.82, 2.24) is 9.97 Å². The van der Waals surface area contributed by atoms with Gasteiger partial charge in [0, 0.05) is 9.79 Å². The second kappa shape index (κ2) is 8.31. The van der Waals surface area contributed by atoms with Crippen molar-refractivity contribution in [2.75, 3.05) is 5.32 Å². The second-order valence-electron chi connectivity index (χ2n) is 6.62. The summed E-state index contributed by atoms with van der Waals surface area (Å²) in [5.41, 5.74) is 8.61. The van der Waals surface area contributed by atoms with Gasteiger partial charge in [-0.1, -0.05) is 42.1 Å². The zero-order chi connectivity index (χ0) is 19.3. The van der Waals surface area contributed by atoms with Gasteiger partial charge in [0.15, 0.2) is 0 Å². The molecule has 6 nitrogen and oxygen atoms in total. The fourth-order valence-electron chi connectivity index (χ4n) is 3.24. The molecule has 0 fully saturated rings. The molecule has 0 radical (unpaired) electrons. The molecule has 0 unspecified atom stereocenters. The van der Waals surface area contributed by atoms with Crippen LogP contribution in [0.5, 0.6) is 0 Å². The number of anilines is 1. The maximum atomic E-state index is 12.3. The minimum atomic E-state index is -0.0833. The van der Waals surface area contributed by atoms with Gasteiger partial charge in [-0.15, -0.1) is 4.98 Å². The van der Waals surface area contributed by atoms with Crippen LogP contribution in [0.3, 0.4) is 0 Å². The predicted octanol–water partition coefficient (Wildman–Crippen LogP) is 1.94. The summed E-state index contributed by atoms with van der Waals surface area (Å²) in [6, 6.07) is 18.1. The number of nitrogens with one attached hydrogen (secondary N) is 3. The quantitative estimate of drug-likeness (QED) is 0.402. The third kappa shape index (κ3) is 4.26. The summed E-state index contributed by atoms with van der Waals surface area (Å²) < 4.78 is 0. The SMILES string of the molecule is NC(Nc1ccccc1Sc1ccccc1)=[NH+]c1nc2c(c(=O)[nH]1)CCCC2. The number of H-pyrrole nitrogens is 1. The molecule has 1 heterocycles. The van der Waals surface area contributed by atoms with E-state index < -0.39 is 0 Å². The molecule has 0 saturated heterocycles. The zero-order valence-electron chi connectivity index (χ0n) is 15.4. The molecule has 1 aliphatic carbocycles. The van der Waals surface area contributed by atoms with E-state index in [4.69, 9.17) is 5.73 Å². The summed E-state index contributed by atoms with van der Waals surface area (Å²) in [6.07, 6.45) is 3.72. The molecule has 0 saturated carbocycles. The van der Waals surface area contributed by atoms with E-state index in [0.717, 1.165) is 52.4 Å². The maximum absolute atomic E-state index is 12.3. The molecule has 3 aromatic rings. The van der Waals surface area contributed by atoms with Crippen LogP contribution in [0.4, 0.5) is 11.6 Å². The molecule has 4 rings (SSSR count). The van der Waals surface area contributed by atoms with Gasteiger partial charge in [0.1, 0.15) is 0 Å². The van der Waals surface area contributed by atoms with Gasteiger partial charge in [0.25, 0.3) is 11.5 Å². The number of para-hydroxylation sites is 1. The smallest absolute Gasteiger partial charge is 0.322 e. The summed E-state index contributed by atoms with van der Waals surface area (Å²) in [7, 11) is 0. The van der Waals surface area contributed by atoms with Crippen molar-refractivity contribution in [3.8, 4) is 0 Å². The third-order valence-electron chi connectivity index (χ3n) is 4.57. The molecule has 28 heavy (non-hydrogen) atoms. The first-order valence-electron chi connectivity index (χ1n) is 9.29. The first-order valence-corrected chi connectivity index (χ1v) is 10.1. The zero-order valence-corrected chi connectivity index (χ0v) is 16.2. The lowest BCUT2D eigenvalue weighted by molar-refractivity contribution is -0.365. The molecule has 0 aliphatic heterocycles. The number of nitrogens with two attached hydrogens (primary N) is 1. The number of hydrogen-bond donors (Lipinski definition) is 4. The highest BCUT2D eigenvalue weighted by Crippen LogP contribution is 2.32. The molecule has 1 aromatic heterocycles. The van der Waals surface area contributed by atoms with Crippen molar-refractivity contribution >= 4 is 29.4 Å². The predicted molar refractivity (Wildman–Crippen MR) is 112 cm³/mol. The van der Waals surface area contributed by atoms with Crippen molar-refractivity contribution in [2.45, 2.75) is 35.5 Å². The number of hydrogen-bond acceptors (Lipinski definition) is 3. The molecule has 5 N–H and O–H groups in total. The van der Waals surface area contributed by atoms with E-state index >= 15 is 0 Å². The minimum absolute atomic E-state index is 0.0833. The molecular weight excluding hydrogens is 370 g/mol. The number of fused-ring (bicyclic) bond motifs is 1. The number of aromatic amines is 1. The van der Waals surface area contributed by atoms with E-state index in [-0.39, 0.29) is 5.56 Å². The van der Waals surface area contributed by atoms with Gasteiger partial charge >= 0.3 is 5.95 Å². The van der Waals surface area contributed by atoms with Gasteiger partial charge in [-0.2, -0.15) is 0 Å². The van der Waals surface area contributed by atoms with E-state index in [1.54, 1.807) is 11.8 Å². The fraction of sp³-hybridized carbons (Fsp3) is 0.190. The Kier molecular flexibility index (Phi) is 5.43. The highest BCUT2D eigenvalue weighted by atomic mass is 32.2. The van der Waals surface area contributed by atoms with Crippen LogP contribution in [-0.4, -0.2) is 15.9 Å². The highest BCUT2D eigenvalue weighted by Gasteiger charge is 2.18. The van der Waals surface area contributed by atoms with E-state index in [9.17, 15) is 4.79 Å². The van der Waals surface area contributed by atoms with Crippen LogP contribution in [0.25, 0.3) is 0 Å². The summed E-state index contributed by atoms with van der Waals surface area (Å²) in [4.78, 5) is 24.8. The van der Waals surface area contributed by atoms with Crippen molar-refractivity contribution < 1.29 is 4.99 Å². The highest BCUT2D eigenvalue weighted by molar-refractivity contribution is 7.99. The number of nitrogens with zero attached hydrogens (tertiary/aromatic N) is 1. The molecule has 0 bridgehead atoms. The number of aromatic nitrogens is 2. The largest absolute Gasteiger partial charge is 0.325 e. The van der Waals surface area contributed by atoms with Gasteiger partial charge in [-0.25, -0.2) is 9.98 Å². The first-order chi connectivity index (χ1) is 13.7. The molecule has 2 aromatic carbocycles. The van der Waals surface area contributed by atoms with Gasteiger partial charge in [0.05, 0.1) is 16.9 Å². The van der Waals surface area contributed by atoms with Crippen LogP contribution in [-0.2, 0) is 12.8 Å². The Morgan fingerprint density at radius 2 is 1.82 bits per heavy atom.